The topological polar surface area (TPSA) is 20.3 Å². The summed E-state index contributed by atoms with van der Waals surface area (Å²) in [4.78, 5) is 13.4. The molecule has 1 heterocycles. The molecule has 1 saturated heterocycles. The smallest absolute Gasteiger partial charge is 0.338 e. The van der Waals surface area contributed by atoms with Gasteiger partial charge in [-0.2, -0.15) is 13.2 Å². The van der Waals surface area contributed by atoms with Crippen LogP contribution in [-0.4, -0.2) is 30.1 Å². The van der Waals surface area contributed by atoms with E-state index in [-0.39, 0.29) is 31.5 Å². The van der Waals surface area contributed by atoms with Crippen molar-refractivity contribution in [3.63, 3.8) is 0 Å². The summed E-state index contributed by atoms with van der Waals surface area (Å²) in [5.74, 6) is -2.63. The zero-order valence-electron chi connectivity index (χ0n) is 10.4. The predicted octanol–water partition coefficient (Wildman–Crippen LogP) is 4.00. The average Bonchev–Trinajstić information content (AvgIpc) is 2.37. The standard InChI is InChI=1S/C13H12BrF4NO/c14-9-2-1-3-10(15)11(9)12(20)19-6-4-8(5-7-19)13(16,17)18/h1-3,8H,4-7H2. The minimum atomic E-state index is -4.23. The first kappa shape index (κ1) is 15.3. The molecule has 2 rings (SSSR count). The summed E-state index contributed by atoms with van der Waals surface area (Å²) in [6.45, 7) is -0.0203. The summed E-state index contributed by atoms with van der Waals surface area (Å²) in [7, 11) is 0. The Bertz CT molecular complexity index is 489. The number of piperidine rings is 1. The van der Waals surface area contributed by atoms with Gasteiger partial charge in [0.25, 0.3) is 5.91 Å². The molecule has 0 N–H and O–H groups in total. The number of benzene rings is 1. The summed E-state index contributed by atoms with van der Waals surface area (Å²) in [5.41, 5.74) is -0.127. The largest absolute Gasteiger partial charge is 0.391 e. The van der Waals surface area contributed by atoms with Crippen molar-refractivity contribution in [2.45, 2.75) is 19.0 Å². The van der Waals surface area contributed by atoms with Crippen LogP contribution in [0.1, 0.15) is 23.2 Å². The normalized spacial score (nSPS) is 17.4. The molecule has 1 amide bonds. The van der Waals surface area contributed by atoms with Crippen molar-refractivity contribution in [1.82, 2.24) is 4.90 Å². The van der Waals surface area contributed by atoms with Crippen LogP contribution >= 0.6 is 15.9 Å². The number of carbonyl (C=O) groups excluding carboxylic acids is 1. The average molecular weight is 354 g/mol. The third-order valence-electron chi connectivity index (χ3n) is 3.42. The highest BCUT2D eigenvalue weighted by Crippen LogP contribution is 2.34. The van der Waals surface area contributed by atoms with Gasteiger partial charge in [-0.05, 0) is 40.9 Å². The molecule has 0 atom stereocenters. The van der Waals surface area contributed by atoms with Gasteiger partial charge >= 0.3 is 6.18 Å². The highest BCUT2D eigenvalue weighted by molar-refractivity contribution is 9.10. The van der Waals surface area contributed by atoms with Crippen molar-refractivity contribution in [1.29, 1.82) is 0 Å². The summed E-state index contributed by atoms with van der Waals surface area (Å²) in [5, 5.41) is 0. The fourth-order valence-corrected chi connectivity index (χ4v) is 2.78. The molecular formula is C13H12BrF4NO. The van der Waals surface area contributed by atoms with E-state index >= 15 is 0 Å². The number of alkyl halides is 3. The first-order valence-corrected chi connectivity index (χ1v) is 6.90. The molecule has 0 radical (unpaired) electrons. The van der Waals surface area contributed by atoms with Crippen LogP contribution in [0, 0.1) is 11.7 Å². The second-order valence-corrected chi connectivity index (χ2v) is 5.56. The van der Waals surface area contributed by atoms with E-state index < -0.39 is 23.8 Å². The van der Waals surface area contributed by atoms with Crippen LogP contribution in [0.2, 0.25) is 0 Å². The molecule has 1 fully saturated rings. The van der Waals surface area contributed by atoms with E-state index in [1.165, 1.54) is 17.0 Å². The van der Waals surface area contributed by atoms with Crippen LogP contribution in [0.15, 0.2) is 22.7 Å². The van der Waals surface area contributed by atoms with Gasteiger partial charge in [0.1, 0.15) is 5.82 Å². The Morgan fingerprint density at radius 2 is 1.85 bits per heavy atom. The second kappa shape index (κ2) is 5.71. The maximum Gasteiger partial charge on any atom is 0.391 e. The Morgan fingerprint density at radius 1 is 1.25 bits per heavy atom. The van der Waals surface area contributed by atoms with Crippen LogP contribution < -0.4 is 0 Å². The summed E-state index contributed by atoms with van der Waals surface area (Å²) in [6, 6.07) is 4.13. The van der Waals surface area contributed by atoms with Gasteiger partial charge in [-0.1, -0.05) is 6.07 Å². The SMILES string of the molecule is O=C(c1c(F)cccc1Br)N1CCC(C(F)(F)F)CC1. The molecule has 1 aliphatic rings. The van der Waals surface area contributed by atoms with Crippen LogP contribution in [0.4, 0.5) is 17.6 Å². The molecule has 7 heteroatoms. The number of amides is 1. The number of halogens is 5. The van der Waals surface area contributed by atoms with Gasteiger partial charge < -0.3 is 4.90 Å². The Labute approximate surface area is 121 Å². The minimum Gasteiger partial charge on any atom is -0.338 e. The highest BCUT2D eigenvalue weighted by Gasteiger charge is 2.42. The quantitative estimate of drug-likeness (QED) is 0.698. The first-order chi connectivity index (χ1) is 9.30. The van der Waals surface area contributed by atoms with Gasteiger partial charge in [-0.3, -0.25) is 4.79 Å². The fraction of sp³-hybridized carbons (Fsp3) is 0.462. The molecule has 1 aromatic carbocycles. The van der Waals surface area contributed by atoms with Gasteiger partial charge in [0.15, 0.2) is 0 Å². The summed E-state index contributed by atoms with van der Waals surface area (Å²) < 4.78 is 51.6. The lowest BCUT2D eigenvalue weighted by molar-refractivity contribution is -0.183. The van der Waals surface area contributed by atoms with Crippen molar-refractivity contribution in [2.24, 2.45) is 5.92 Å². The Hall–Kier alpha value is -1.11. The van der Waals surface area contributed by atoms with E-state index in [2.05, 4.69) is 15.9 Å². The highest BCUT2D eigenvalue weighted by atomic mass is 79.9. The molecule has 0 saturated carbocycles. The van der Waals surface area contributed by atoms with Crippen molar-refractivity contribution in [3.8, 4) is 0 Å². The molecule has 0 spiro atoms. The van der Waals surface area contributed by atoms with E-state index in [9.17, 15) is 22.4 Å². The zero-order chi connectivity index (χ0) is 14.9. The maximum atomic E-state index is 13.7. The lowest BCUT2D eigenvalue weighted by Gasteiger charge is -2.33. The Balaban J connectivity index is 2.09. The maximum absolute atomic E-state index is 13.7. The van der Waals surface area contributed by atoms with E-state index in [0.29, 0.717) is 4.47 Å². The van der Waals surface area contributed by atoms with Crippen LogP contribution in [0.5, 0.6) is 0 Å². The monoisotopic (exact) mass is 353 g/mol. The molecule has 110 valence electrons. The number of nitrogens with zero attached hydrogens (tertiary/aromatic N) is 1. The molecule has 1 aliphatic heterocycles. The van der Waals surface area contributed by atoms with Crippen molar-refractivity contribution in [2.75, 3.05) is 13.1 Å². The van der Waals surface area contributed by atoms with Gasteiger partial charge in [0.05, 0.1) is 11.5 Å². The lowest BCUT2D eigenvalue weighted by Crippen LogP contribution is -2.42. The molecule has 20 heavy (non-hydrogen) atoms. The van der Waals surface area contributed by atoms with Crippen LogP contribution in [-0.2, 0) is 0 Å². The Morgan fingerprint density at radius 3 is 2.35 bits per heavy atom. The van der Waals surface area contributed by atoms with Crippen molar-refractivity contribution < 1.29 is 22.4 Å². The lowest BCUT2D eigenvalue weighted by atomic mass is 9.96. The molecular weight excluding hydrogens is 342 g/mol. The molecule has 1 aromatic rings. The van der Waals surface area contributed by atoms with Gasteiger partial charge in [-0.15, -0.1) is 0 Å². The third kappa shape index (κ3) is 3.13. The van der Waals surface area contributed by atoms with Crippen LogP contribution in [0.3, 0.4) is 0 Å². The number of carbonyl (C=O) groups is 1. The third-order valence-corrected chi connectivity index (χ3v) is 4.08. The molecule has 0 bridgehead atoms. The molecule has 0 aliphatic carbocycles. The van der Waals surface area contributed by atoms with Crippen LogP contribution in [0.25, 0.3) is 0 Å². The molecule has 2 nitrogen and oxygen atoms in total. The van der Waals surface area contributed by atoms with Gasteiger partial charge in [0, 0.05) is 17.6 Å². The fourth-order valence-electron chi connectivity index (χ4n) is 2.27. The van der Waals surface area contributed by atoms with Crippen molar-refractivity contribution >= 4 is 21.8 Å². The van der Waals surface area contributed by atoms with Crippen molar-refractivity contribution in [3.05, 3.63) is 34.1 Å². The molecule has 0 aromatic heterocycles. The number of rotatable bonds is 1. The summed E-state index contributed by atoms with van der Waals surface area (Å²) >= 11 is 3.09. The Kier molecular flexibility index (Phi) is 4.36. The zero-order valence-corrected chi connectivity index (χ0v) is 12.0. The number of hydrogen-bond donors (Lipinski definition) is 0. The summed E-state index contributed by atoms with van der Waals surface area (Å²) in [6.07, 6.45) is -4.50. The van der Waals surface area contributed by atoms with E-state index in [4.69, 9.17) is 0 Å². The number of likely N-dealkylation sites (tertiary alicyclic amines) is 1. The van der Waals surface area contributed by atoms with Gasteiger partial charge in [-0.25, -0.2) is 4.39 Å². The molecule has 0 unspecified atom stereocenters. The van der Waals surface area contributed by atoms with E-state index in [1.807, 2.05) is 0 Å². The minimum absolute atomic E-state index is 0.0101. The predicted molar refractivity (Wildman–Crippen MR) is 68.8 cm³/mol. The number of hydrogen-bond acceptors (Lipinski definition) is 1. The van der Waals surface area contributed by atoms with E-state index in [0.717, 1.165) is 6.07 Å². The van der Waals surface area contributed by atoms with Gasteiger partial charge in [0.2, 0.25) is 0 Å². The van der Waals surface area contributed by atoms with E-state index in [1.54, 1.807) is 0 Å². The first-order valence-electron chi connectivity index (χ1n) is 6.10. The second-order valence-electron chi connectivity index (χ2n) is 4.70.